The van der Waals surface area contributed by atoms with E-state index in [0.717, 1.165) is 5.69 Å². The lowest BCUT2D eigenvalue weighted by Crippen LogP contribution is -2.00. The quantitative estimate of drug-likeness (QED) is 0.762. The fourth-order valence-electron chi connectivity index (χ4n) is 2.24. The van der Waals surface area contributed by atoms with E-state index < -0.39 is 0 Å². The largest absolute Gasteiger partial charge is 0.369 e. The average Bonchev–Trinajstić information content (AvgIpc) is 2.84. The highest BCUT2D eigenvalue weighted by Gasteiger charge is 2.11. The van der Waals surface area contributed by atoms with Crippen LogP contribution >= 0.6 is 0 Å². The summed E-state index contributed by atoms with van der Waals surface area (Å²) in [4.78, 5) is 4.03. The normalized spacial score (nSPS) is 14.1. The SMILES string of the molecule is Nc1nccn1-c1ccc2c(c1)CCC2. The maximum atomic E-state index is 5.77. The monoisotopic (exact) mass is 199 g/mol. The molecule has 3 rings (SSSR count). The Morgan fingerprint density at radius 3 is 2.87 bits per heavy atom. The fraction of sp³-hybridized carbons (Fsp3) is 0.250. The molecule has 1 aromatic heterocycles. The molecule has 1 aliphatic carbocycles. The van der Waals surface area contributed by atoms with Crippen LogP contribution < -0.4 is 5.73 Å². The van der Waals surface area contributed by atoms with Gasteiger partial charge in [0.2, 0.25) is 5.95 Å². The van der Waals surface area contributed by atoms with Gasteiger partial charge in [0.25, 0.3) is 0 Å². The molecule has 0 aliphatic heterocycles. The minimum atomic E-state index is 0.549. The van der Waals surface area contributed by atoms with Crippen molar-refractivity contribution in [2.75, 3.05) is 5.73 Å². The molecule has 0 radical (unpaired) electrons. The van der Waals surface area contributed by atoms with Gasteiger partial charge in [-0.2, -0.15) is 0 Å². The second kappa shape index (κ2) is 3.12. The van der Waals surface area contributed by atoms with Gasteiger partial charge in [-0.25, -0.2) is 4.98 Å². The van der Waals surface area contributed by atoms with Crippen molar-refractivity contribution < 1.29 is 0 Å². The summed E-state index contributed by atoms with van der Waals surface area (Å²) in [5, 5.41) is 0. The van der Waals surface area contributed by atoms with E-state index in [2.05, 4.69) is 23.2 Å². The van der Waals surface area contributed by atoms with E-state index >= 15 is 0 Å². The Bertz CT molecular complexity index is 499. The van der Waals surface area contributed by atoms with Gasteiger partial charge in [-0.1, -0.05) is 6.07 Å². The van der Waals surface area contributed by atoms with Crippen LogP contribution in [0.5, 0.6) is 0 Å². The van der Waals surface area contributed by atoms with Crippen LogP contribution in [0.3, 0.4) is 0 Å². The van der Waals surface area contributed by atoms with E-state index in [-0.39, 0.29) is 0 Å². The third kappa shape index (κ3) is 1.31. The molecule has 3 nitrogen and oxygen atoms in total. The number of hydrogen-bond acceptors (Lipinski definition) is 2. The van der Waals surface area contributed by atoms with E-state index in [9.17, 15) is 0 Å². The lowest BCUT2D eigenvalue weighted by atomic mass is 10.1. The summed E-state index contributed by atoms with van der Waals surface area (Å²) in [6.45, 7) is 0. The van der Waals surface area contributed by atoms with Crippen molar-refractivity contribution in [3.05, 3.63) is 41.7 Å². The molecule has 2 aromatic rings. The Kier molecular flexibility index (Phi) is 1.78. The first-order chi connectivity index (χ1) is 7.34. The molecule has 1 aliphatic rings. The number of aromatic nitrogens is 2. The van der Waals surface area contributed by atoms with Crippen LogP contribution in [0.15, 0.2) is 30.6 Å². The maximum absolute atomic E-state index is 5.77. The van der Waals surface area contributed by atoms with Crippen LogP contribution in [0.2, 0.25) is 0 Å². The first-order valence-corrected chi connectivity index (χ1v) is 5.25. The van der Waals surface area contributed by atoms with Gasteiger partial charge in [0, 0.05) is 18.1 Å². The molecule has 0 unspecified atom stereocenters. The van der Waals surface area contributed by atoms with Gasteiger partial charge in [0.15, 0.2) is 0 Å². The van der Waals surface area contributed by atoms with Crippen LogP contribution in [0.1, 0.15) is 17.5 Å². The number of fused-ring (bicyclic) bond motifs is 1. The molecule has 0 bridgehead atoms. The van der Waals surface area contributed by atoms with Crippen molar-refractivity contribution in [3.8, 4) is 5.69 Å². The van der Waals surface area contributed by atoms with E-state index in [4.69, 9.17) is 5.73 Å². The molecule has 2 N–H and O–H groups in total. The number of anilines is 1. The first kappa shape index (κ1) is 8.53. The van der Waals surface area contributed by atoms with Gasteiger partial charge in [0.05, 0.1) is 0 Å². The Hall–Kier alpha value is -1.77. The molecule has 0 atom stereocenters. The number of rotatable bonds is 1. The summed E-state index contributed by atoms with van der Waals surface area (Å²) in [6.07, 6.45) is 7.31. The van der Waals surface area contributed by atoms with Gasteiger partial charge in [-0.15, -0.1) is 0 Å². The zero-order valence-corrected chi connectivity index (χ0v) is 8.48. The fourth-order valence-corrected chi connectivity index (χ4v) is 2.24. The second-order valence-corrected chi connectivity index (χ2v) is 3.96. The standard InChI is InChI=1S/C12H13N3/c13-12-14-6-7-15(12)11-5-4-9-2-1-3-10(9)8-11/h4-8H,1-3H2,(H2,13,14). The Morgan fingerprint density at radius 1 is 1.20 bits per heavy atom. The molecule has 76 valence electrons. The maximum Gasteiger partial charge on any atom is 0.204 e. The number of aryl methyl sites for hydroxylation is 2. The van der Waals surface area contributed by atoms with E-state index in [1.54, 1.807) is 6.20 Å². The van der Waals surface area contributed by atoms with E-state index in [1.807, 2.05) is 10.8 Å². The molecule has 1 aromatic carbocycles. The van der Waals surface area contributed by atoms with Crippen LogP contribution in [0.4, 0.5) is 5.95 Å². The Labute approximate surface area is 88.6 Å². The third-order valence-corrected chi connectivity index (χ3v) is 3.03. The number of hydrogen-bond donors (Lipinski definition) is 1. The van der Waals surface area contributed by atoms with Crippen LogP contribution in [0, 0.1) is 0 Å². The van der Waals surface area contributed by atoms with Crippen LogP contribution in [-0.4, -0.2) is 9.55 Å². The molecule has 1 heterocycles. The number of benzene rings is 1. The van der Waals surface area contributed by atoms with Gasteiger partial charge in [-0.3, -0.25) is 4.57 Å². The predicted octanol–water partition coefficient (Wildman–Crippen LogP) is 1.94. The summed E-state index contributed by atoms with van der Waals surface area (Å²) in [7, 11) is 0. The lowest BCUT2D eigenvalue weighted by Gasteiger charge is -2.06. The second-order valence-electron chi connectivity index (χ2n) is 3.96. The lowest BCUT2D eigenvalue weighted by molar-refractivity contribution is 0.911. The Morgan fingerprint density at radius 2 is 2.07 bits per heavy atom. The zero-order valence-electron chi connectivity index (χ0n) is 8.48. The number of nitrogens with two attached hydrogens (primary N) is 1. The third-order valence-electron chi connectivity index (χ3n) is 3.03. The van der Waals surface area contributed by atoms with Crippen molar-refractivity contribution in [1.82, 2.24) is 9.55 Å². The minimum absolute atomic E-state index is 0.549. The molecular weight excluding hydrogens is 186 g/mol. The van der Waals surface area contributed by atoms with Crippen molar-refractivity contribution in [2.45, 2.75) is 19.3 Å². The smallest absolute Gasteiger partial charge is 0.204 e. The molecule has 0 fully saturated rings. The summed E-state index contributed by atoms with van der Waals surface area (Å²) in [6, 6.07) is 6.54. The molecule has 3 heteroatoms. The van der Waals surface area contributed by atoms with Crippen molar-refractivity contribution in [2.24, 2.45) is 0 Å². The van der Waals surface area contributed by atoms with Gasteiger partial charge < -0.3 is 5.73 Å². The van der Waals surface area contributed by atoms with Gasteiger partial charge in [-0.05, 0) is 42.5 Å². The summed E-state index contributed by atoms with van der Waals surface area (Å²) in [5.74, 6) is 0.549. The number of nitrogen functional groups attached to an aromatic ring is 1. The predicted molar refractivity (Wildman–Crippen MR) is 60.0 cm³/mol. The topological polar surface area (TPSA) is 43.8 Å². The average molecular weight is 199 g/mol. The highest BCUT2D eigenvalue weighted by Crippen LogP contribution is 2.25. The minimum Gasteiger partial charge on any atom is -0.369 e. The van der Waals surface area contributed by atoms with Crippen molar-refractivity contribution in [1.29, 1.82) is 0 Å². The van der Waals surface area contributed by atoms with Gasteiger partial charge >= 0.3 is 0 Å². The van der Waals surface area contributed by atoms with Crippen molar-refractivity contribution >= 4 is 5.95 Å². The Balaban J connectivity index is 2.11. The van der Waals surface area contributed by atoms with Crippen LogP contribution in [-0.2, 0) is 12.8 Å². The molecular formula is C12H13N3. The summed E-state index contributed by atoms with van der Waals surface area (Å²) < 4.78 is 1.92. The summed E-state index contributed by atoms with van der Waals surface area (Å²) >= 11 is 0. The molecule has 0 spiro atoms. The van der Waals surface area contributed by atoms with E-state index in [0.29, 0.717) is 5.95 Å². The van der Waals surface area contributed by atoms with Crippen LogP contribution in [0.25, 0.3) is 5.69 Å². The highest BCUT2D eigenvalue weighted by molar-refractivity contribution is 5.46. The summed E-state index contributed by atoms with van der Waals surface area (Å²) in [5.41, 5.74) is 9.83. The molecule has 0 saturated carbocycles. The molecule has 0 amide bonds. The van der Waals surface area contributed by atoms with Crippen molar-refractivity contribution in [3.63, 3.8) is 0 Å². The zero-order chi connectivity index (χ0) is 10.3. The van der Waals surface area contributed by atoms with E-state index in [1.165, 1.54) is 30.4 Å². The number of imidazole rings is 1. The first-order valence-electron chi connectivity index (χ1n) is 5.25. The molecule has 15 heavy (non-hydrogen) atoms. The highest BCUT2D eigenvalue weighted by atomic mass is 15.1. The molecule has 0 saturated heterocycles. The number of nitrogens with zero attached hydrogens (tertiary/aromatic N) is 2. The van der Waals surface area contributed by atoms with Gasteiger partial charge in [0.1, 0.15) is 0 Å².